The summed E-state index contributed by atoms with van der Waals surface area (Å²) in [4.78, 5) is 26.3. The topological polar surface area (TPSA) is 99.5 Å². The third kappa shape index (κ3) is 9.97. The zero-order valence-corrected chi connectivity index (χ0v) is 24.2. The Balaban J connectivity index is 0.000000840. The van der Waals surface area contributed by atoms with Crippen LogP contribution >= 0.6 is 11.3 Å². The molecule has 0 saturated carbocycles. The first-order chi connectivity index (χ1) is 18.7. The van der Waals surface area contributed by atoms with Crippen molar-refractivity contribution < 1.29 is 33.0 Å². The molecule has 3 rings (SSSR count). The highest BCUT2D eigenvalue weighted by molar-refractivity contribution is 7.15. The number of aryl methyl sites for hydroxylation is 2. The number of hydrogen-bond acceptors (Lipinski definition) is 5. The van der Waals surface area contributed by atoms with Gasteiger partial charge in [0.05, 0.1) is 11.3 Å². The maximum Gasteiger partial charge on any atom is 0.416 e. The second-order valence-electron chi connectivity index (χ2n) is 9.96. The minimum absolute atomic E-state index is 0.106. The first kappa shape index (κ1) is 32.8. The van der Waals surface area contributed by atoms with Crippen molar-refractivity contribution >= 4 is 29.0 Å². The molecule has 0 fully saturated rings. The van der Waals surface area contributed by atoms with E-state index in [2.05, 4.69) is 26.1 Å². The Morgan fingerprint density at radius 3 is 2.10 bits per heavy atom. The molecule has 2 aromatic carbocycles. The molecule has 6 nitrogen and oxygen atoms in total. The number of rotatable bonds is 11. The van der Waals surface area contributed by atoms with E-state index in [1.54, 1.807) is 0 Å². The molecule has 3 N–H and O–H groups in total. The SMILES string of the molecule is CCCC(=O)O.Cc1cc(NCC(C)c2sc(-c3ccc(C(F)(F)F)cc3)nc2C(C)C)ccc1CCC(=O)O. The fourth-order valence-corrected chi connectivity index (χ4v) is 5.22. The largest absolute Gasteiger partial charge is 0.481 e. The molecule has 0 aliphatic carbocycles. The van der Waals surface area contributed by atoms with Crippen LogP contribution in [0.2, 0.25) is 0 Å². The monoisotopic (exact) mass is 578 g/mol. The predicted molar refractivity (Wildman–Crippen MR) is 153 cm³/mol. The lowest BCUT2D eigenvalue weighted by molar-refractivity contribution is -0.138. The molecule has 0 radical (unpaired) electrons. The molecule has 0 saturated heterocycles. The number of thiazole rings is 1. The van der Waals surface area contributed by atoms with Crippen LogP contribution in [0.4, 0.5) is 18.9 Å². The lowest BCUT2D eigenvalue weighted by atomic mass is 10.0. The number of carboxylic acid groups (broad SMARTS) is 2. The zero-order valence-electron chi connectivity index (χ0n) is 23.4. The Morgan fingerprint density at radius 2 is 1.62 bits per heavy atom. The summed E-state index contributed by atoms with van der Waals surface area (Å²) in [5.41, 5.74) is 4.00. The number of nitrogens with zero attached hydrogens (tertiary/aromatic N) is 1. The highest BCUT2D eigenvalue weighted by Gasteiger charge is 2.30. The van der Waals surface area contributed by atoms with E-state index in [-0.39, 0.29) is 18.3 Å². The maximum atomic E-state index is 12.9. The van der Waals surface area contributed by atoms with Crippen molar-refractivity contribution in [3.05, 3.63) is 69.7 Å². The number of alkyl halides is 3. The quantitative estimate of drug-likeness (QED) is 0.211. The molecule has 0 bridgehead atoms. The minimum Gasteiger partial charge on any atom is -0.481 e. The molecule has 218 valence electrons. The van der Waals surface area contributed by atoms with Crippen molar-refractivity contribution in [1.29, 1.82) is 0 Å². The van der Waals surface area contributed by atoms with Crippen LogP contribution in [0.5, 0.6) is 0 Å². The summed E-state index contributed by atoms with van der Waals surface area (Å²) < 4.78 is 38.7. The lowest BCUT2D eigenvalue weighted by Gasteiger charge is -2.16. The van der Waals surface area contributed by atoms with E-state index in [4.69, 9.17) is 15.2 Å². The van der Waals surface area contributed by atoms with Gasteiger partial charge in [-0.25, -0.2) is 4.98 Å². The first-order valence-corrected chi connectivity index (χ1v) is 14.0. The van der Waals surface area contributed by atoms with Crippen molar-refractivity contribution in [2.24, 2.45) is 0 Å². The standard InChI is InChI=1S/C26H29F3N2O2S.C4H8O2/c1-15(2)23-24(34-25(31-23)19-5-9-20(10-6-19)26(27,28)29)17(4)14-30-21-11-7-18(16(3)13-21)8-12-22(32)33;1-2-3-4(5)6/h5-7,9-11,13,15,17,30H,8,12,14H2,1-4H3,(H,32,33);2-3H2,1H3,(H,5,6). The van der Waals surface area contributed by atoms with Crippen LogP contribution in [0.15, 0.2) is 42.5 Å². The van der Waals surface area contributed by atoms with Gasteiger partial charge in [-0.05, 0) is 61.1 Å². The number of carbonyl (C=O) groups is 2. The van der Waals surface area contributed by atoms with Gasteiger partial charge in [-0.3, -0.25) is 9.59 Å². The molecule has 1 unspecified atom stereocenters. The molecule has 1 heterocycles. The molecule has 0 aliphatic heterocycles. The van der Waals surface area contributed by atoms with Crippen molar-refractivity contribution in [2.45, 2.75) is 78.3 Å². The van der Waals surface area contributed by atoms with Crippen molar-refractivity contribution in [2.75, 3.05) is 11.9 Å². The average Bonchev–Trinajstić information content (AvgIpc) is 3.33. The summed E-state index contributed by atoms with van der Waals surface area (Å²) >= 11 is 1.52. The fraction of sp³-hybridized carbons (Fsp3) is 0.433. The molecular formula is C30H37F3N2O4S. The summed E-state index contributed by atoms with van der Waals surface area (Å²) in [6.07, 6.45) is -2.73. The van der Waals surface area contributed by atoms with Crippen molar-refractivity contribution in [3.8, 4) is 10.6 Å². The number of hydrogen-bond donors (Lipinski definition) is 3. The molecule has 1 aromatic heterocycles. The molecule has 0 aliphatic rings. The first-order valence-electron chi connectivity index (χ1n) is 13.2. The number of aromatic nitrogens is 1. The Hall–Kier alpha value is -3.40. The summed E-state index contributed by atoms with van der Waals surface area (Å²) in [7, 11) is 0. The number of carboxylic acids is 2. The average molecular weight is 579 g/mol. The molecule has 0 amide bonds. The van der Waals surface area contributed by atoms with E-state index < -0.39 is 23.7 Å². The second-order valence-corrected chi connectivity index (χ2v) is 11.0. The minimum atomic E-state index is -4.36. The Bertz CT molecular complexity index is 1270. The van der Waals surface area contributed by atoms with Crippen LogP contribution in [-0.2, 0) is 22.2 Å². The Labute approximate surface area is 237 Å². The van der Waals surface area contributed by atoms with E-state index >= 15 is 0 Å². The van der Waals surface area contributed by atoms with Crippen LogP contribution in [0.1, 0.15) is 86.1 Å². The van der Waals surface area contributed by atoms with Gasteiger partial charge in [0.25, 0.3) is 0 Å². The maximum absolute atomic E-state index is 12.9. The Morgan fingerprint density at radius 1 is 1.00 bits per heavy atom. The van der Waals surface area contributed by atoms with E-state index in [1.807, 2.05) is 32.0 Å². The number of aliphatic carboxylic acids is 2. The van der Waals surface area contributed by atoms with Gasteiger partial charge in [0.1, 0.15) is 5.01 Å². The predicted octanol–water partition coefficient (Wildman–Crippen LogP) is 8.36. The van der Waals surface area contributed by atoms with E-state index in [0.717, 1.165) is 50.9 Å². The van der Waals surface area contributed by atoms with E-state index in [9.17, 15) is 22.8 Å². The number of anilines is 1. The van der Waals surface area contributed by atoms with Crippen LogP contribution in [0.25, 0.3) is 10.6 Å². The second kappa shape index (κ2) is 14.8. The highest BCUT2D eigenvalue weighted by atomic mass is 32.1. The summed E-state index contributed by atoms with van der Waals surface area (Å²) in [5.74, 6) is -1.19. The van der Waals surface area contributed by atoms with Crippen LogP contribution < -0.4 is 5.32 Å². The van der Waals surface area contributed by atoms with Gasteiger partial charge in [0, 0.05) is 41.4 Å². The van der Waals surface area contributed by atoms with Gasteiger partial charge in [-0.1, -0.05) is 45.9 Å². The zero-order chi connectivity index (χ0) is 30.0. The van der Waals surface area contributed by atoms with Crippen LogP contribution in [0, 0.1) is 6.92 Å². The fourth-order valence-electron chi connectivity index (χ4n) is 3.94. The van der Waals surface area contributed by atoms with Gasteiger partial charge in [0.2, 0.25) is 0 Å². The van der Waals surface area contributed by atoms with Gasteiger partial charge in [0.15, 0.2) is 0 Å². The molecule has 3 aromatic rings. The molecule has 0 spiro atoms. The van der Waals surface area contributed by atoms with Gasteiger partial charge in [-0.15, -0.1) is 11.3 Å². The lowest BCUT2D eigenvalue weighted by Crippen LogP contribution is -2.11. The van der Waals surface area contributed by atoms with E-state index in [1.165, 1.54) is 23.5 Å². The summed E-state index contributed by atoms with van der Waals surface area (Å²) in [5, 5.41) is 21.0. The molecule has 1 atom stereocenters. The summed E-state index contributed by atoms with van der Waals surface area (Å²) in [6, 6.07) is 11.1. The van der Waals surface area contributed by atoms with E-state index in [0.29, 0.717) is 24.9 Å². The smallest absolute Gasteiger partial charge is 0.416 e. The molecule has 10 heteroatoms. The number of halogens is 3. The summed E-state index contributed by atoms with van der Waals surface area (Å²) in [6.45, 7) is 10.7. The van der Waals surface area contributed by atoms with Gasteiger partial charge in [-0.2, -0.15) is 13.2 Å². The van der Waals surface area contributed by atoms with Crippen molar-refractivity contribution in [1.82, 2.24) is 4.98 Å². The third-order valence-corrected chi connectivity index (χ3v) is 7.51. The third-order valence-electron chi connectivity index (χ3n) is 6.16. The molecular weight excluding hydrogens is 541 g/mol. The normalized spacial score (nSPS) is 12.0. The highest BCUT2D eigenvalue weighted by Crippen LogP contribution is 2.37. The van der Waals surface area contributed by atoms with Crippen LogP contribution in [-0.4, -0.2) is 33.7 Å². The van der Waals surface area contributed by atoms with Gasteiger partial charge >= 0.3 is 18.1 Å². The van der Waals surface area contributed by atoms with Crippen molar-refractivity contribution in [3.63, 3.8) is 0 Å². The number of nitrogens with one attached hydrogen (secondary N) is 1. The van der Waals surface area contributed by atoms with Crippen LogP contribution in [0.3, 0.4) is 0 Å². The number of benzene rings is 2. The Kier molecular flexibility index (Phi) is 12.2. The molecule has 40 heavy (non-hydrogen) atoms. The van der Waals surface area contributed by atoms with Gasteiger partial charge < -0.3 is 15.5 Å².